The SMILES string of the molecule is CCCCCCCCC/C=C/CCCC(O)C(O)C(COP(=O)([O-])OCC[N+](C)(C)C)NC(=O)CCCCCCCCCCCCCCCCCCCCCCCCC/C=C\CCCCCCCCCC. The van der Waals surface area contributed by atoms with Crippen LogP contribution in [0.4, 0.5) is 0 Å². The molecule has 4 unspecified atom stereocenters. The molecular formula is C61H121N2O7P. The number of phosphoric ester groups is 1. The quantitative estimate of drug-likeness (QED) is 0.0240. The molecule has 71 heavy (non-hydrogen) atoms. The highest BCUT2D eigenvalue weighted by molar-refractivity contribution is 7.45. The van der Waals surface area contributed by atoms with E-state index in [1.165, 1.54) is 238 Å². The first kappa shape index (κ1) is 69.9. The number of hydrogen-bond donors (Lipinski definition) is 3. The van der Waals surface area contributed by atoms with Crippen molar-refractivity contribution >= 4 is 13.7 Å². The second kappa shape index (κ2) is 52.4. The van der Waals surface area contributed by atoms with Gasteiger partial charge in [0.05, 0.1) is 39.9 Å². The van der Waals surface area contributed by atoms with Crippen molar-refractivity contribution in [2.75, 3.05) is 40.9 Å². The molecule has 1 amide bonds. The minimum absolute atomic E-state index is 0.0438. The summed E-state index contributed by atoms with van der Waals surface area (Å²) >= 11 is 0. The van der Waals surface area contributed by atoms with Crippen LogP contribution in [0.15, 0.2) is 24.3 Å². The number of aliphatic hydroxyl groups is 2. The molecule has 0 saturated heterocycles. The second-order valence-corrected chi connectivity index (χ2v) is 24.0. The molecule has 0 aromatic heterocycles. The van der Waals surface area contributed by atoms with Gasteiger partial charge in [-0.3, -0.25) is 9.36 Å². The first-order chi connectivity index (χ1) is 34.4. The molecule has 4 atom stereocenters. The minimum atomic E-state index is -4.68. The van der Waals surface area contributed by atoms with E-state index in [0.29, 0.717) is 23.9 Å². The van der Waals surface area contributed by atoms with Gasteiger partial charge >= 0.3 is 0 Å². The number of carbonyl (C=O) groups excluding carboxylic acids is 1. The van der Waals surface area contributed by atoms with Crippen molar-refractivity contribution in [2.45, 2.75) is 321 Å². The fourth-order valence-corrected chi connectivity index (χ4v) is 10.1. The van der Waals surface area contributed by atoms with Gasteiger partial charge in [-0.1, -0.05) is 256 Å². The highest BCUT2D eigenvalue weighted by Crippen LogP contribution is 2.38. The molecule has 0 aliphatic rings. The predicted molar refractivity (Wildman–Crippen MR) is 304 cm³/mol. The van der Waals surface area contributed by atoms with E-state index >= 15 is 0 Å². The third-order valence-corrected chi connectivity index (χ3v) is 15.2. The number of rotatable bonds is 57. The van der Waals surface area contributed by atoms with Gasteiger partial charge < -0.3 is 34.0 Å². The first-order valence-electron chi connectivity index (χ1n) is 30.8. The minimum Gasteiger partial charge on any atom is -0.756 e. The highest BCUT2D eigenvalue weighted by Gasteiger charge is 2.29. The molecule has 9 nitrogen and oxygen atoms in total. The van der Waals surface area contributed by atoms with E-state index in [9.17, 15) is 24.5 Å². The molecule has 0 aromatic carbocycles. The number of aliphatic hydroxyl groups excluding tert-OH is 2. The number of hydrogen-bond acceptors (Lipinski definition) is 7. The Morgan fingerprint density at radius 2 is 0.803 bits per heavy atom. The Labute approximate surface area is 441 Å². The van der Waals surface area contributed by atoms with E-state index in [1.807, 2.05) is 21.1 Å². The van der Waals surface area contributed by atoms with E-state index in [4.69, 9.17) is 9.05 Å². The summed E-state index contributed by atoms with van der Waals surface area (Å²) < 4.78 is 23.2. The van der Waals surface area contributed by atoms with Crippen LogP contribution in [-0.4, -0.2) is 79.8 Å². The van der Waals surface area contributed by atoms with Crippen LogP contribution in [0.2, 0.25) is 0 Å². The zero-order valence-corrected chi connectivity index (χ0v) is 48.7. The van der Waals surface area contributed by atoms with Gasteiger partial charge in [0.15, 0.2) is 0 Å². The number of amides is 1. The third-order valence-electron chi connectivity index (χ3n) is 14.3. The predicted octanol–water partition coefficient (Wildman–Crippen LogP) is 17.1. The molecule has 3 N–H and O–H groups in total. The van der Waals surface area contributed by atoms with Gasteiger partial charge in [-0.05, 0) is 64.2 Å². The van der Waals surface area contributed by atoms with Crippen LogP contribution in [0, 0.1) is 0 Å². The third kappa shape index (κ3) is 53.6. The molecular weight excluding hydrogens is 904 g/mol. The van der Waals surface area contributed by atoms with E-state index in [2.05, 4.69) is 43.5 Å². The van der Waals surface area contributed by atoms with Crippen molar-refractivity contribution in [3.05, 3.63) is 24.3 Å². The number of unbranched alkanes of at least 4 members (excludes halogenated alkanes) is 39. The topological polar surface area (TPSA) is 128 Å². The van der Waals surface area contributed by atoms with Crippen LogP contribution in [-0.2, 0) is 18.4 Å². The Kier molecular flexibility index (Phi) is 51.6. The van der Waals surface area contributed by atoms with Crippen molar-refractivity contribution < 1.29 is 38.0 Å². The Balaban J connectivity index is 3.99. The van der Waals surface area contributed by atoms with Gasteiger partial charge in [0.25, 0.3) is 7.82 Å². The lowest BCUT2D eigenvalue weighted by atomic mass is 10.0. The largest absolute Gasteiger partial charge is 0.756 e. The Morgan fingerprint density at radius 3 is 1.14 bits per heavy atom. The Hall–Kier alpha value is -1.06. The molecule has 0 spiro atoms. The smallest absolute Gasteiger partial charge is 0.268 e. The van der Waals surface area contributed by atoms with Crippen molar-refractivity contribution in [2.24, 2.45) is 0 Å². The number of quaternary nitrogens is 1. The summed E-state index contributed by atoms with van der Waals surface area (Å²) in [5.41, 5.74) is 0. The number of allylic oxidation sites excluding steroid dienone is 4. The fourth-order valence-electron chi connectivity index (χ4n) is 9.37. The van der Waals surface area contributed by atoms with Crippen LogP contribution in [0.25, 0.3) is 0 Å². The highest BCUT2D eigenvalue weighted by atomic mass is 31.2. The van der Waals surface area contributed by atoms with Crippen LogP contribution in [0.3, 0.4) is 0 Å². The zero-order chi connectivity index (χ0) is 52.2. The Bertz CT molecular complexity index is 1230. The summed E-state index contributed by atoms with van der Waals surface area (Å²) in [6.45, 7) is 4.44. The molecule has 0 fully saturated rings. The molecule has 0 heterocycles. The van der Waals surface area contributed by atoms with Crippen molar-refractivity contribution in [3.63, 3.8) is 0 Å². The molecule has 0 aliphatic carbocycles. The van der Waals surface area contributed by atoms with Gasteiger partial charge in [-0.25, -0.2) is 0 Å². The van der Waals surface area contributed by atoms with Crippen molar-refractivity contribution in [1.29, 1.82) is 0 Å². The van der Waals surface area contributed by atoms with Crippen LogP contribution < -0.4 is 10.2 Å². The van der Waals surface area contributed by atoms with Crippen LogP contribution in [0.1, 0.15) is 303 Å². The lowest BCUT2D eigenvalue weighted by molar-refractivity contribution is -0.870. The molecule has 0 radical (unpaired) electrons. The summed E-state index contributed by atoms with van der Waals surface area (Å²) in [6, 6.07) is -1.09. The average molecular weight is 1030 g/mol. The van der Waals surface area contributed by atoms with Gasteiger partial charge in [-0.2, -0.15) is 0 Å². The molecule has 422 valence electrons. The Morgan fingerprint density at radius 1 is 0.493 bits per heavy atom. The monoisotopic (exact) mass is 1020 g/mol. The van der Waals surface area contributed by atoms with Crippen LogP contribution >= 0.6 is 7.82 Å². The number of nitrogens with zero attached hydrogens (tertiary/aromatic N) is 1. The lowest BCUT2D eigenvalue weighted by Crippen LogP contribution is -2.51. The molecule has 0 saturated carbocycles. The normalized spacial score (nSPS) is 14.4. The maximum absolute atomic E-state index is 13.0. The molecule has 0 aliphatic heterocycles. The standard InChI is InChI=1S/C61H121N2O7P/c1-6-8-10-12-14-16-18-20-21-22-23-24-25-26-27-28-29-30-31-32-33-34-35-36-37-38-39-40-41-42-44-46-48-50-52-54-60(65)62-58(57-70-71(67,68)69-56-55-63(3,4)5)61(66)59(64)53-51-49-47-45-43-19-17-15-13-11-9-7-2/h22-23,45,47,58-59,61,64,66H,6-21,24-44,46,48-57H2,1-5H3,(H-,62,65,67,68)/b23-22-,47-45+. The summed E-state index contributed by atoms with van der Waals surface area (Å²) in [4.78, 5) is 25.5. The van der Waals surface area contributed by atoms with Gasteiger partial charge in [0, 0.05) is 6.42 Å². The molecule has 0 bridgehead atoms. The number of carbonyl (C=O) groups is 1. The molecule has 10 heteroatoms. The van der Waals surface area contributed by atoms with Crippen molar-refractivity contribution in [1.82, 2.24) is 5.32 Å². The van der Waals surface area contributed by atoms with Crippen LogP contribution in [0.5, 0.6) is 0 Å². The maximum Gasteiger partial charge on any atom is 0.268 e. The maximum atomic E-state index is 13.0. The molecule has 0 rings (SSSR count). The molecule has 0 aromatic rings. The number of nitrogens with one attached hydrogen (secondary N) is 1. The summed E-state index contributed by atoms with van der Waals surface area (Å²) in [5, 5.41) is 24.7. The second-order valence-electron chi connectivity index (χ2n) is 22.5. The number of phosphoric acid groups is 1. The first-order valence-corrected chi connectivity index (χ1v) is 32.2. The lowest BCUT2D eigenvalue weighted by Gasteiger charge is -2.31. The fraction of sp³-hybridized carbons (Fsp3) is 0.918. The summed E-state index contributed by atoms with van der Waals surface area (Å²) in [7, 11) is 1.12. The van der Waals surface area contributed by atoms with Gasteiger partial charge in [0.1, 0.15) is 19.3 Å². The summed E-state index contributed by atoms with van der Waals surface area (Å²) in [5.74, 6) is -0.283. The van der Waals surface area contributed by atoms with E-state index < -0.39 is 32.7 Å². The van der Waals surface area contributed by atoms with Crippen molar-refractivity contribution in [3.8, 4) is 0 Å². The van der Waals surface area contributed by atoms with Gasteiger partial charge in [0.2, 0.25) is 5.91 Å². The van der Waals surface area contributed by atoms with E-state index in [-0.39, 0.29) is 18.9 Å². The van der Waals surface area contributed by atoms with Gasteiger partial charge in [-0.15, -0.1) is 0 Å². The average Bonchev–Trinajstić information content (AvgIpc) is 3.33. The van der Waals surface area contributed by atoms with E-state index in [1.54, 1.807) is 0 Å². The summed E-state index contributed by atoms with van der Waals surface area (Å²) in [6.07, 6.45) is 62.8. The zero-order valence-electron chi connectivity index (χ0n) is 47.8. The number of likely N-dealkylation sites (N-methyl/N-ethyl adjacent to an activating group) is 1. The van der Waals surface area contributed by atoms with E-state index in [0.717, 1.165) is 32.1 Å².